The standard InChI is InChI=1S/C12H16N4/c1-12(2,13)8-15-11-14-7-9-5-3-4-6-10(9)16-11/h3-7H,8,13H2,1-2H3,(H,14,15,16). The highest BCUT2D eigenvalue weighted by Gasteiger charge is 2.10. The number of nitrogens with two attached hydrogens (primary N) is 1. The lowest BCUT2D eigenvalue weighted by molar-refractivity contribution is 0.547. The van der Waals surface area contributed by atoms with Crippen LogP contribution in [-0.4, -0.2) is 22.1 Å². The van der Waals surface area contributed by atoms with Crippen LogP contribution in [-0.2, 0) is 0 Å². The van der Waals surface area contributed by atoms with E-state index < -0.39 is 0 Å². The Balaban J connectivity index is 2.20. The van der Waals surface area contributed by atoms with Gasteiger partial charge in [-0.05, 0) is 19.9 Å². The first-order chi connectivity index (χ1) is 7.54. The molecule has 0 spiro atoms. The maximum Gasteiger partial charge on any atom is 0.223 e. The van der Waals surface area contributed by atoms with Crippen LogP contribution in [0.5, 0.6) is 0 Å². The van der Waals surface area contributed by atoms with Crippen molar-refractivity contribution in [3.63, 3.8) is 0 Å². The van der Waals surface area contributed by atoms with Crippen LogP contribution in [0.25, 0.3) is 10.9 Å². The van der Waals surface area contributed by atoms with Gasteiger partial charge >= 0.3 is 0 Å². The van der Waals surface area contributed by atoms with Gasteiger partial charge in [0.25, 0.3) is 0 Å². The number of aromatic nitrogens is 2. The summed E-state index contributed by atoms with van der Waals surface area (Å²) in [7, 11) is 0. The summed E-state index contributed by atoms with van der Waals surface area (Å²) >= 11 is 0. The fraction of sp³-hybridized carbons (Fsp3) is 0.333. The zero-order valence-electron chi connectivity index (χ0n) is 9.57. The molecule has 0 saturated carbocycles. The van der Waals surface area contributed by atoms with Crippen molar-refractivity contribution < 1.29 is 0 Å². The molecule has 16 heavy (non-hydrogen) atoms. The highest BCUT2D eigenvalue weighted by molar-refractivity contribution is 5.78. The SMILES string of the molecule is CC(C)(N)CNc1ncc2ccccc2n1. The van der Waals surface area contributed by atoms with Gasteiger partial charge in [0.2, 0.25) is 5.95 Å². The van der Waals surface area contributed by atoms with Gasteiger partial charge in [-0.25, -0.2) is 9.97 Å². The van der Waals surface area contributed by atoms with E-state index in [-0.39, 0.29) is 5.54 Å². The Morgan fingerprint density at radius 1 is 1.31 bits per heavy atom. The van der Waals surface area contributed by atoms with Gasteiger partial charge in [-0.1, -0.05) is 18.2 Å². The second-order valence-electron chi connectivity index (χ2n) is 4.59. The Morgan fingerprint density at radius 2 is 2.06 bits per heavy atom. The summed E-state index contributed by atoms with van der Waals surface area (Å²) in [4.78, 5) is 8.63. The van der Waals surface area contributed by atoms with Gasteiger partial charge in [0, 0.05) is 23.7 Å². The van der Waals surface area contributed by atoms with Crippen LogP contribution >= 0.6 is 0 Å². The molecule has 0 unspecified atom stereocenters. The van der Waals surface area contributed by atoms with E-state index in [4.69, 9.17) is 5.73 Å². The van der Waals surface area contributed by atoms with Crippen LogP contribution in [0.1, 0.15) is 13.8 Å². The Labute approximate surface area is 94.9 Å². The first-order valence-corrected chi connectivity index (χ1v) is 5.29. The molecule has 4 nitrogen and oxygen atoms in total. The van der Waals surface area contributed by atoms with E-state index in [1.165, 1.54) is 0 Å². The molecule has 0 radical (unpaired) electrons. The van der Waals surface area contributed by atoms with Crippen molar-refractivity contribution in [2.45, 2.75) is 19.4 Å². The number of hydrogen-bond acceptors (Lipinski definition) is 4. The molecule has 84 valence electrons. The van der Waals surface area contributed by atoms with E-state index in [9.17, 15) is 0 Å². The first kappa shape index (κ1) is 10.8. The zero-order valence-corrected chi connectivity index (χ0v) is 9.57. The fourth-order valence-corrected chi connectivity index (χ4v) is 1.36. The summed E-state index contributed by atoms with van der Waals surface area (Å²) < 4.78 is 0. The third-order valence-electron chi connectivity index (χ3n) is 2.19. The number of hydrogen-bond donors (Lipinski definition) is 2. The van der Waals surface area contributed by atoms with E-state index in [0.717, 1.165) is 10.9 Å². The minimum atomic E-state index is -0.269. The average Bonchev–Trinajstić information content (AvgIpc) is 2.25. The molecule has 4 heteroatoms. The second kappa shape index (κ2) is 4.06. The van der Waals surface area contributed by atoms with Crippen molar-refractivity contribution in [1.82, 2.24) is 9.97 Å². The van der Waals surface area contributed by atoms with Gasteiger partial charge in [0.05, 0.1) is 5.52 Å². The molecule has 1 heterocycles. The summed E-state index contributed by atoms with van der Waals surface area (Å²) in [5.41, 5.74) is 6.55. The van der Waals surface area contributed by atoms with Crippen LogP contribution in [0.2, 0.25) is 0 Å². The van der Waals surface area contributed by atoms with Crippen molar-refractivity contribution in [2.75, 3.05) is 11.9 Å². The lowest BCUT2D eigenvalue weighted by Crippen LogP contribution is -2.39. The van der Waals surface area contributed by atoms with Crippen molar-refractivity contribution >= 4 is 16.9 Å². The number of fused-ring (bicyclic) bond motifs is 1. The summed E-state index contributed by atoms with van der Waals surface area (Å²) in [5, 5.41) is 4.17. The molecular formula is C12H16N4. The minimum Gasteiger partial charge on any atom is -0.352 e. The van der Waals surface area contributed by atoms with Gasteiger partial charge < -0.3 is 11.1 Å². The maximum absolute atomic E-state index is 5.88. The van der Waals surface area contributed by atoms with E-state index in [0.29, 0.717) is 12.5 Å². The number of nitrogens with one attached hydrogen (secondary N) is 1. The van der Waals surface area contributed by atoms with Gasteiger partial charge in [-0.15, -0.1) is 0 Å². The molecule has 0 aliphatic carbocycles. The highest BCUT2D eigenvalue weighted by atomic mass is 15.1. The molecule has 1 aromatic heterocycles. The van der Waals surface area contributed by atoms with Gasteiger partial charge in [-0.2, -0.15) is 0 Å². The molecule has 3 N–H and O–H groups in total. The minimum absolute atomic E-state index is 0.269. The number of benzene rings is 1. The Kier molecular flexibility index (Phi) is 2.75. The quantitative estimate of drug-likeness (QED) is 0.821. The van der Waals surface area contributed by atoms with Crippen molar-refractivity contribution in [3.05, 3.63) is 30.5 Å². The fourth-order valence-electron chi connectivity index (χ4n) is 1.36. The first-order valence-electron chi connectivity index (χ1n) is 5.29. The Hall–Kier alpha value is -1.68. The molecule has 0 aliphatic heterocycles. The monoisotopic (exact) mass is 216 g/mol. The zero-order chi connectivity index (χ0) is 11.6. The van der Waals surface area contributed by atoms with Crippen molar-refractivity contribution in [1.29, 1.82) is 0 Å². The molecule has 0 aliphatic rings. The molecule has 0 atom stereocenters. The second-order valence-corrected chi connectivity index (χ2v) is 4.59. The summed E-state index contributed by atoms with van der Waals surface area (Å²) in [5.74, 6) is 0.622. The third-order valence-corrected chi connectivity index (χ3v) is 2.19. The van der Waals surface area contributed by atoms with E-state index >= 15 is 0 Å². The van der Waals surface area contributed by atoms with E-state index in [1.54, 1.807) is 0 Å². The van der Waals surface area contributed by atoms with E-state index in [1.807, 2.05) is 44.3 Å². The van der Waals surface area contributed by atoms with Crippen LogP contribution in [0.4, 0.5) is 5.95 Å². The maximum atomic E-state index is 5.88. The van der Waals surface area contributed by atoms with Crippen LogP contribution in [0.3, 0.4) is 0 Å². The van der Waals surface area contributed by atoms with E-state index in [2.05, 4.69) is 15.3 Å². The third kappa shape index (κ3) is 2.67. The van der Waals surface area contributed by atoms with Crippen LogP contribution < -0.4 is 11.1 Å². The number of para-hydroxylation sites is 1. The average molecular weight is 216 g/mol. The van der Waals surface area contributed by atoms with Gasteiger partial charge in [0.1, 0.15) is 0 Å². The smallest absolute Gasteiger partial charge is 0.223 e. The number of nitrogens with zero attached hydrogens (tertiary/aromatic N) is 2. The largest absolute Gasteiger partial charge is 0.352 e. The summed E-state index contributed by atoms with van der Waals surface area (Å²) in [6, 6.07) is 7.90. The molecule has 0 amide bonds. The number of anilines is 1. The molecule has 2 aromatic rings. The lowest BCUT2D eigenvalue weighted by Gasteiger charge is -2.18. The van der Waals surface area contributed by atoms with Gasteiger partial charge in [0.15, 0.2) is 0 Å². The lowest BCUT2D eigenvalue weighted by atomic mass is 10.1. The van der Waals surface area contributed by atoms with Crippen molar-refractivity contribution in [2.24, 2.45) is 5.73 Å². The topological polar surface area (TPSA) is 63.8 Å². The molecule has 1 aromatic carbocycles. The normalized spacial score (nSPS) is 11.7. The predicted octanol–water partition coefficient (Wildman–Crippen LogP) is 1.78. The van der Waals surface area contributed by atoms with Gasteiger partial charge in [-0.3, -0.25) is 0 Å². The van der Waals surface area contributed by atoms with Crippen molar-refractivity contribution in [3.8, 4) is 0 Å². The van der Waals surface area contributed by atoms with Crippen LogP contribution in [0.15, 0.2) is 30.5 Å². The summed E-state index contributed by atoms with van der Waals surface area (Å²) in [6.45, 7) is 4.56. The molecule has 0 saturated heterocycles. The number of rotatable bonds is 3. The molecular weight excluding hydrogens is 200 g/mol. The predicted molar refractivity (Wildman–Crippen MR) is 66.3 cm³/mol. The Bertz CT molecular complexity index is 488. The van der Waals surface area contributed by atoms with Crippen LogP contribution in [0, 0.1) is 0 Å². The molecule has 0 bridgehead atoms. The molecule has 2 rings (SSSR count). The summed E-state index contributed by atoms with van der Waals surface area (Å²) in [6.07, 6.45) is 1.81. The highest BCUT2D eigenvalue weighted by Crippen LogP contribution is 2.11. The Morgan fingerprint density at radius 3 is 2.81 bits per heavy atom. The molecule has 0 fully saturated rings.